The molecule has 0 fully saturated rings. The number of hydrogen-bond donors (Lipinski definition) is 1. The van der Waals surface area contributed by atoms with Crippen molar-refractivity contribution in [3.05, 3.63) is 21.9 Å². The van der Waals surface area contributed by atoms with E-state index in [1.54, 1.807) is 0 Å². The maximum absolute atomic E-state index is 6.01. The van der Waals surface area contributed by atoms with Crippen LogP contribution in [0.5, 0.6) is 0 Å². The molecule has 1 heterocycles. The zero-order valence-corrected chi connectivity index (χ0v) is 9.56. The van der Waals surface area contributed by atoms with Crippen molar-refractivity contribution in [1.82, 2.24) is 0 Å². The maximum atomic E-state index is 6.01. The van der Waals surface area contributed by atoms with Crippen LogP contribution in [-0.2, 0) is 16.8 Å². The highest BCUT2D eigenvalue weighted by Gasteiger charge is 2.40. The van der Waals surface area contributed by atoms with Gasteiger partial charge in [-0.2, -0.15) is 0 Å². The molecule has 78 valence electrons. The summed E-state index contributed by atoms with van der Waals surface area (Å²) in [6.07, 6.45) is 2.41. The summed E-state index contributed by atoms with van der Waals surface area (Å²) < 4.78 is 6.01. The molecule has 2 nitrogen and oxygen atoms in total. The van der Waals surface area contributed by atoms with E-state index in [1.165, 1.54) is 10.4 Å². The highest BCUT2D eigenvalue weighted by atomic mass is 32.1. The summed E-state index contributed by atoms with van der Waals surface area (Å²) in [5, 5.41) is 2.14. The standard InChI is InChI=1S/C11H17NOS/c1-8(2)13-11(7-12)5-3-10-9(11)4-6-14-10/h4,6,8H,3,5,7,12H2,1-2H3. The molecule has 1 aliphatic carbocycles. The second-order valence-corrected chi connectivity index (χ2v) is 5.12. The van der Waals surface area contributed by atoms with E-state index in [0.29, 0.717) is 6.54 Å². The van der Waals surface area contributed by atoms with E-state index in [0.717, 1.165) is 12.8 Å². The third-order valence-electron chi connectivity index (χ3n) is 2.78. The lowest BCUT2D eigenvalue weighted by atomic mass is 9.97. The molecular formula is C11H17NOS. The Kier molecular flexibility index (Phi) is 2.64. The predicted octanol–water partition coefficient (Wildman–Crippen LogP) is 2.27. The van der Waals surface area contributed by atoms with Gasteiger partial charge in [-0.15, -0.1) is 11.3 Å². The minimum Gasteiger partial charge on any atom is -0.366 e. The van der Waals surface area contributed by atoms with Crippen LogP contribution in [0.15, 0.2) is 11.4 Å². The quantitative estimate of drug-likeness (QED) is 0.832. The highest BCUT2D eigenvalue weighted by molar-refractivity contribution is 7.10. The van der Waals surface area contributed by atoms with Gasteiger partial charge in [0.05, 0.1) is 6.10 Å². The molecule has 0 aliphatic heterocycles. The minimum absolute atomic E-state index is 0.191. The Morgan fingerprint density at radius 3 is 3.07 bits per heavy atom. The molecule has 1 aliphatic rings. The number of aryl methyl sites for hydroxylation is 1. The summed E-state index contributed by atoms with van der Waals surface area (Å²) in [5.74, 6) is 0. The predicted molar refractivity (Wildman–Crippen MR) is 59.6 cm³/mol. The van der Waals surface area contributed by atoms with Crippen molar-refractivity contribution in [2.45, 2.75) is 38.4 Å². The molecular weight excluding hydrogens is 194 g/mol. The molecule has 2 N–H and O–H groups in total. The Labute approximate surface area is 89.1 Å². The monoisotopic (exact) mass is 211 g/mol. The average molecular weight is 211 g/mol. The van der Waals surface area contributed by atoms with Crippen molar-refractivity contribution < 1.29 is 4.74 Å². The van der Waals surface area contributed by atoms with Gasteiger partial charge in [0.25, 0.3) is 0 Å². The van der Waals surface area contributed by atoms with Crippen LogP contribution in [0.1, 0.15) is 30.7 Å². The van der Waals surface area contributed by atoms with Gasteiger partial charge in [0.15, 0.2) is 0 Å². The van der Waals surface area contributed by atoms with E-state index in [2.05, 4.69) is 25.3 Å². The van der Waals surface area contributed by atoms with Crippen LogP contribution >= 0.6 is 11.3 Å². The first-order valence-electron chi connectivity index (χ1n) is 5.13. The molecule has 3 heteroatoms. The lowest BCUT2D eigenvalue weighted by Crippen LogP contribution is -2.37. The normalized spacial score (nSPS) is 25.7. The molecule has 1 atom stereocenters. The first-order chi connectivity index (χ1) is 6.68. The molecule has 0 amide bonds. The first-order valence-corrected chi connectivity index (χ1v) is 6.00. The van der Waals surface area contributed by atoms with E-state index in [-0.39, 0.29) is 11.7 Å². The van der Waals surface area contributed by atoms with Crippen molar-refractivity contribution in [1.29, 1.82) is 0 Å². The molecule has 1 aromatic rings. The van der Waals surface area contributed by atoms with Gasteiger partial charge >= 0.3 is 0 Å². The fraction of sp³-hybridized carbons (Fsp3) is 0.636. The van der Waals surface area contributed by atoms with Gasteiger partial charge in [0.2, 0.25) is 0 Å². The Hall–Kier alpha value is -0.380. The maximum Gasteiger partial charge on any atom is 0.107 e. The van der Waals surface area contributed by atoms with E-state index in [9.17, 15) is 0 Å². The molecule has 0 radical (unpaired) electrons. The van der Waals surface area contributed by atoms with Crippen molar-refractivity contribution in [2.24, 2.45) is 5.73 Å². The van der Waals surface area contributed by atoms with Crippen molar-refractivity contribution in [2.75, 3.05) is 6.54 Å². The Balaban J connectivity index is 2.31. The lowest BCUT2D eigenvalue weighted by Gasteiger charge is -2.30. The van der Waals surface area contributed by atoms with Crippen LogP contribution in [0.3, 0.4) is 0 Å². The topological polar surface area (TPSA) is 35.2 Å². The molecule has 1 aromatic heterocycles. The lowest BCUT2D eigenvalue weighted by molar-refractivity contribution is -0.0779. The van der Waals surface area contributed by atoms with Crippen LogP contribution in [0, 0.1) is 0 Å². The molecule has 14 heavy (non-hydrogen) atoms. The van der Waals surface area contributed by atoms with Gasteiger partial charge < -0.3 is 10.5 Å². The largest absolute Gasteiger partial charge is 0.366 e. The summed E-state index contributed by atoms with van der Waals surface area (Å²) in [5.41, 5.74) is 7.01. The van der Waals surface area contributed by atoms with Crippen molar-refractivity contribution in [3.8, 4) is 0 Å². The van der Waals surface area contributed by atoms with Gasteiger partial charge in [-0.05, 0) is 43.7 Å². The molecule has 0 saturated carbocycles. The molecule has 2 rings (SSSR count). The second-order valence-electron chi connectivity index (χ2n) is 4.12. The third-order valence-corrected chi connectivity index (χ3v) is 3.76. The second kappa shape index (κ2) is 3.65. The molecule has 0 spiro atoms. The van der Waals surface area contributed by atoms with Crippen molar-refractivity contribution >= 4 is 11.3 Å². The first kappa shape index (κ1) is 10.1. The number of thiophene rings is 1. The van der Waals surface area contributed by atoms with Crippen LogP contribution in [0.25, 0.3) is 0 Å². The zero-order chi connectivity index (χ0) is 10.2. The number of nitrogens with two attached hydrogens (primary N) is 1. The van der Waals surface area contributed by atoms with Crippen molar-refractivity contribution in [3.63, 3.8) is 0 Å². The van der Waals surface area contributed by atoms with Gasteiger partial charge in [-0.25, -0.2) is 0 Å². The van der Waals surface area contributed by atoms with Crippen LogP contribution in [0.4, 0.5) is 0 Å². The molecule has 0 saturated heterocycles. The van der Waals surface area contributed by atoms with Crippen LogP contribution < -0.4 is 5.73 Å². The Bertz CT molecular complexity index is 321. The smallest absolute Gasteiger partial charge is 0.107 e. The van der Waals surface area contributed by atoms with E-state index >= 15 is 0 Å². The molecule has 0 bridgehead atoms. The fourth-order valence-corrected chi connectivity index (χ4v) is 3.19. The summed E-state index contributed by atoms with van der Waals surface area (Å²) in [7, 11) is 0. The molecule has 1 unspecified atom stereocenters. The van der Waals surface area contributed by atoms with E-state index in [4.69, 9.17) is 10.5 Å². The van der Waals surface area contributed by atoms with E-state index in [1.807, 2.05) is 11.3 Å². The Morgan fingerprint density at radius 1 is 1.64 bits per heavy atom. The van der Waals surface area contributed by atoms with Gasteiger partial charge in [-0.3, -0.25) is 0 Å². The van der Waals surface area contributed by atoms with Gasteiger partial charge in [-0.1, -0.05) is 0 Å². The fourth-order valence-electron chi connectivity index (χ4n) is 2.22. The summed E-state index contributed by atoms with van der Waals surface area (Å²) in [6, 6.07) is 2.17. The number of ether oxygens (including phenoxy) is 1. The summed E-state index contributed by atoms with van der Waals surface area (Å²) in [6.45, 7) is 4.73. The number of fused-ring (bicyclic) bond motifs is 1. The molecule has 0 aromatic carbocycles. The van der Waals surface area contributed by atoms with E-state index < -0.39 is 0 Å². The summed E-state index contributed by atoms with van der Waals surface area (Å²) in [4.78, 5) is 1.45. The van der Waals surface area contributed by atoms with Crippen LogP contribution in [0.2, 0.25) is 0 Å². The summed E-state index contributed by atoms with van der Waals surface area (Å²) >= 11 is 1.82. The Morgan fingerprint density at radius 2 is 2.43 bits per heavy atom. The highest BCUT2D eigenvalue weighted by Crippen LogP contribution is 2.42. The zero-order valence-electron chi connectivity index (χ0n) is 8.75. The number of rotatable bonds is 3. The van der Waals surface area contributed by atoms with Crippen LogP contribution in [-0.4, -0.2) is 12.6 Å². The average Bonchev–Trinajstić information content (AvgIpc) is 2.68. The van der Waals surface area contributed by atoms with Gasteiger partial charge in [0, 0.05) is 11.4 Å². The number of hydrogen-bond acceptors (Lipinski definition) is 3. The third kappa shape index (κ3) is 1.49. The SMILES string of the molecule is CC(C)OC1(CN)CCc2sccc21. The minimum atomic E-state index is -0.191. The van der Waals surface area contributed by atoms with Gasteiger partial charge in [0.1, 0.15) is 5.60 Å².